The zero-order valence-electron chi connectivity index (χ0n) is 24.7. The van der Waals surface area contributed by atoms with Crippen molar-refractivity contribution < 1.29 is 18.7 Å². The molecule has 1 atom stereocenters. The van der Waals surface area contributed by atoms with Gasteiger partial charge < -0.3 is 14.0 Å². The first-order chi connectivity index (χ1) is 21.3. The van der Waals surface area contributed by atoms with Crippen molar-refractivity contribution >= 4 is 29.1 Å². The number of fused-ring (bicyclic) bond motifs is 1. The molecule has 0 N–H and O–H groups in total. The Morgan fingerprint density at radius 2 is 1.77 bits per heavy atom. The summed E-state index contributed by atoms with van der Waals surface area (Å²) in [6, 6.07) is 24.3. The van der Waals surface area contributed by atoms with Crippen molar-refractivity contribution in [3.05, 3.63) is 144 Å². The SMILES string of the molecule is CCOC(=O)C1=C(c2ccccc2)N=c2s/c(=C\c3cc(C)n(-c4ccc(F)cc4)c3C)c(=O)n2[C@H]1c1cccc(OC)c1. The maximum Gasteiger partial charge on any atom is 0.338 e. The average Bonchev–Trinajstić information content (AvgIpc) is 3.50. The van der Waals surface area contributed by atoms with Gasteiger partial charge >= 0.3 is 5.97 Å². The van der Waals surface area contributed by atoms with Gasteiger partial charge in [0.25, 0.3) is 5.56 Å². The summed E-state index contributed by atoms with van der Waals surface area (Å²) in [6.45, 7) is 5.85. The molecule has 1 aliphatic heterocycles. The lowest BCUT2D eigenvalue weighted by Gasteiger charge is -2.26. The van der Waals surface area contributed by atoms with Crippen LogP contribution < -0.4 is 19.6 Å². The van der Waals surface area contributed by atoms with E-state index in [1.165, 1.54) is 23.5 Å². The van der Waals surface area contributed by atoms with Gasteiger partial charge in [0.1, 0.15) is 11.6 Å². The first-order valence-electron chi connectivity index (χ1n) is 14.2. The molecule has 6 rings (SSSR count). The Labute approximate surface area is 257 Å². The molecule has 0 unspecified atom stereocenters. The van der Waals surface area contributed by atoms with Crippen molar-refractivity contribution in [3.8, 4) is 11.4 Å². The number of halogens is 1. The normalized spacial score (nSPS) is 14.8. The highest BCUT2D eigenvalue weighted by atomic mass is 32.1. The van der Waals surface area contributed by atoms with Crippen LogP contribution in [-0.4, -0.2) is 28.8 Å². The first-order valence-corrected chi connectivity index (χ1v) is 15.0. The van der Waals surface area contributed by atoms with Crippen molar-refractivity contribution in [1.29, 1.82) is 0 Å². The van der Waals surface area contributed by atoms with Crippen LogP contribution >= 0.6 is 11.3 Å². The lowest BCUT2D eigenvalue weighted by molar-refractivity contribution is -0.138. The van der Waals surface area contributed by atoms with E-state index in [9.17, 15) is 14.0 Å². The summed E-state index contributed by atoms with van der Waals surface area (Å²) in [7, 11) is 1.57. The van der Waals surface area contributed by atoms with E-state index < -0.39 is 12.0 Å². The highest BCUT2D eigenvalue weighted by Crippen LogP contribution is 2.36. The number of esters is 1. The topological polar surface area (TPSA) is 74.8 Å². The average molecular weight is 608 g/mol. The van der Waals surface area contributed by atoms with Crippen LogP contribution in [0.5, 0.6) is 5.75 Å². The van der Waals surface area contributed by atoms with Crippen LogP contribution in [0.4, 0.5) is 4.39 Å². The molecule has 7 nitrogen and oxygen atoms in total. The summed E-state index contributed by atoms with van der Waals surface area (Å²) in [5, 5.41) is 0. The fraction of sp³-hybridized carbons (Fsp3) is 0.171. The molecule has 3 heterocycles. The van der Waals surface area contributed by atoms with Gasteiger partial charge in [-0.05, 0) is 80.4 Å². The molecule has 0 spiro atoms. The number of hydrogen-bond donors (Lipinski definition) is 0. The molecule has 3 aromatic carbocycles. The van der Waals surface area contributed by atoms with Gasteiger partial charge in [0, 0.05) is 22.6 Å². The fourth-order valence-corrected chi connectivity index (χ4v) is 6.62. The van der Waals surface area contributed by atoms with Crippen molar-refractivity contribution in [2.24, 2.45) is 4.99 Å². The molecule has 0 aliphatic carbocycles. The molecule has 5 aromatic rings. The highest BCUT2D eigenvalue weighted by Gasteiger charge is 2.35. The molecular formula is C35H30FN3O4S. The Hall–Kier alpha value is -5.02. The van der Waals surface area contributed by atoms with E-state index in [1.807, 2.05) is 85.2 Å². The van der Waals surface area contributed by atoms with E-state index >= 15 is 0 Å². The number of thiazole rings is 1. The van der Waals surface area contributed by atoms with Crippen LogP contribution in [-0.2, 0) is 9.53 Å². The van der Waals surface area contributed by atoms with Gasteiger partial charge in [0.2, 0.25) is 0 Å². The minimum absolute atomic E-state index is 0.170. The smallest absolute Gasteiger partial charge is 0.338 e. The number of aromatic nitrogens is 2. The van der Waals surface area contributed by atoms with Gasteiger partial charge in [-0.25, -0.2) is 14.2 Å². The van der Waals surface area contributed by atoms with Gasteiger partial charge in [-0.2, -0.15) is 0 Å². The second-order valence-electron chi connectivity index (χ2n) is 10.3. The number of carbonyl (C=O) groups is 1. The van der Waals surface area contributed by atoms with E-state index in [4.69, 9.17) is 14.5 Å². The molecule has 0 radical (unpaired) electrons. The zero-order chi connectivity index (χ0) is 31.0. The van der Waals surface area contributed by atoms with Crippen molar-refractivity contribution in [2.75, 3.05) is 13.7 Å². The monoisotopic (exact) mass is 607 g/mol. The van der Waals surface area contributed by atoms with Crippen LogP contribution in [0, 0.1) is 19.7 Å². The maximum absolute atomic E-state index is 14.3. The number of hydrogen-bond acceptors (Lipinski definition) is 6. The van der Waals surface area contributed by atoms with Gasteiger partial charge in [-0.15, -0.1) is 0 Å². The lowest BCUT2D eigenvalue weighted by Crippen LogP contribution is -2.40. The van der Waals surface area contributed by atoms with Crippen molar-refractivity contribution in [1.82, 2.24) is 9.13 Å². The molecule has 44 heavy (non-hydrogen) atoms. The van der Waals surface area contributed by atoms with Crippen LogP contribution in [0.1, 0.15) is 41.0 Å². The van der Waals surface area contributed by atoms with E-state index in [2.05, 4.69) is 0 Å². The molecule has 222 valence electrons. The predicted molar refractivity (Wildman–Crippen MR) is 169 cm³/mol. The number of nitrogens with zero attached hydrogens (tertiary/aromatic N) is 3. The fourth-order valence-electron chi connectivity index (χ4n) is 5.63. The van der Waals surface area contributed by atoms with Crippen LogP contribution in [0.25, 0.3) is 17.5 Å². The Kier molecular flexibility index (Phi) is 7.88. The predicted octanol–water partition coefficient (Wildman–Crippen LogP) is 5.49. The standard InChI is InChI=1S/C35H30FN3O4S/c1-5-43-34(41)30-31(23-10-7-6-8-11-23)37-35-39(32(30)24-12-9-13-28(19-24)42-4)33(40)29(44-35)20-25-18-21(2)38(22(25)3)27-16-14-26(36)15-17-27/h6-20,32H,5H2,1-4H3/b29-20-/t32-/m0/s1. The van der Waals surface area contributed by atoms with E-state index in [1.54, 1.807) is 30.7 Å². The summed E-state index contributed by atoms with van der Waals surface area (Å²) in [4.78, 5) is 33.3. The third-order valence-electron chi connectivity index (χ3n) is 7.62. The number of benzene rings is 3. The van der Waals surface area contributed by atoms with E-state index in [0.29, 0.717) is 26.3 Å². The Morgan fingerprint density at radius 3 is 2.48 bits per heavy atom. The van der Waals surface area contributed by atoms with Crippen molar-refractivity contribution in [3.63, 3.8) is 0 Å². The Balaban J connectivity index is 1.60. The van der Waals surface area contributed by atoms with Crippen LogP contribution in [0.2, 0.25) is 0 Å². The molecule has 2 aromatic heterocycles. The largest absolute Gasteiger partial charge is 0.497 e. The van der Waals surface area contributed by atoms with Gasteiger partial charge in [0.15, 0.2) is 4.80 Å². The Bertz CT molecular complexity index is 2090. The van der Waals surface area contributed by atoms with Crippen LogP contribution in [0.15, 0.2) is 100 Å². The van der Waals surface area contributed by atoms with Gasteiger partial charge in [-0.3, -0.25) is 9.36 Å². The van der Waals surface area contributed by atoms with E-state index in [-0.39, 0.29) is 23.6 Å². The van der Waals surface area contributed by atoms with E-state index in [0.717, 1.165) is 28.2 Å². The molecule has 0 saturated carbocycles. The summed E-state index contributed by atoms with van der Waals surface area (Å²) >= 11 is 1.26. The number of aryl methyl sites for hydroxylation is 1. The number of methoxy groups -OCH3 is 1. The second kappa shape index (κ2) is 11.9. The van der Waals surface area contributed by atoms with Crippen molar-refractivity contribution in [2.45, 2.75) is 26.8 Å². The highest BCUT2D eigenvalue weighted by molar-refractivity contribution is 7.07. The molecular weight excluding hydrogens is 577 g/mol. The third-order valence-corrected chi connectivity index (χ3v) is 8.61. The maximum atomic E-state index is 14.3. The molecule has 0 bridgehead atoms. The number of carbonyl (C=O) groups excluding carboxylic acids is 1. The second-order valence-corrected chi connectivity index (χ2v) is 11.4. The van der Waals surface area contributed by atoms with Crippen LogP contribution in [0.3, 0.4) is 0 Å². The molecule has 0 amide bonds. The molecule has 0 fully saturated rings. The number of ether oxygens (including phenoxy) is 2. The lowest BCUT2D eigenvalue weighted by atomic mass is 9.93. The minimum atomic E-state index is -0.801. The summed E-state index contributed by atoms with van der Waals surface area (Å²) in [5.74, 6) is -0.250. The summed E-state index contributed by atoms with van der Waals surface area (Å²) in [6.07, 6.45) is 1.85. The van der Waals surface area contributed by atoms with Gasteiger partial charge in [-0.1, -0.05) is 53.8 Å². The summed E-state index contributed by atoms with van der Waals surface area (Å²) < 4.78 is 28.7. The van der Waals surface area contributed by atoms with Gasteiger partial charge in [0.05, 0.1) is 35.6 Å². The molecule has 0 saturated heterocycles. The Morgan fingerprint density at radius 1 is 1.02 bits per heavy atom. The summed E-state index contributed by atoms with van der Waals surface area (Å²) in [5.41, 5.74) is 5.41. The zero-order valence-corrected chi connectivity index (χ0v) is 25.5. The third kappa shape index (κ3) is 5.20. The number of rotatable bonds is 7. The quantitative estimate of drug-likeness (QED) is 0.230. The molecule has 1 aliphatic rings. The minimum Gasteiger partial charge on any atom is -0.497 e. The first kappa shape index (κ1) is 29.1. The molecule has 9 heteroatoms.